The van der Waals surface area contributed by atoms with Gasteiger partial charge in [-0.1, -0.05) is 0 Å². The van der Waals surface area contributed by atoms with Crippen molar-refractivity contribution in [2.24, 2.45) is 0 Å². The van der Waals surface area contributed by atoms with Gasteiger partial charge in [0.1, 0.15) is 0 Å². The first-order valence-electron chi connectivity index (χ1n) is 8.04. The summed E-state index contributed by atoms with van der Waals surface area (Å²) in [5.74, 6) is 0.113. The topological polar surface area (TPSA) is 71.8 Å². The molecule has 0 unspecified atom stereocenters. The summed E-state index contributed by atoms with van der Waals surface area (Å²) in [6.07, 6.45) is 5.28. The fraction of sp³-hybridized carbons (Fsp3) is 0.562. The zero-order valence-corrected chi connectivity index (χ0v) is 14.6. The normalized spacial score (nSPS) is 21.4. The van der Waals surface area contributed by atoms with E-state index in [9.17, 15) is 4.79 Å². The van der Waals surface area contributed by atoms with Gasteiger partial charge in [-0.05, 0) is 27.2 Å². The highest BCUT2D eigenvalue weighted by atomic mass is 32.1. The number of hydrogen-bond donors (Lipinski definition) is 2. The molecule has 3 rings (SSSR count). The molecular weight excluding hydrogens is 310 g/mol. The van der Waals surface area contributed by atoms with Gasteiger partial charge >= 0.3 is 0 Å². The SMILES string of the molecule is CCn1cc([C@@H]2NC(=O)CC[C@H]2NCc2sc(C)nc2C)cn1. The van der Waals surface area contributed by atoms with Crippen LogP contribution in [0.4, 0.5) is 0 Å². The molecule has 2 aromatic heterocycles. The van der Waals surface area contributed by atoms with Crippen LogP contribution in [0, 0.1) is 13.8 Å². The monoisotopic (exact) mass is 333 g/mol. The van der Waals surface area contributed by atoms with Crippen molar-refractivity contribution in [3.05, 3.63) is 33.5 Å². The van der Waals surface area contributed by atoms with Crippen LogP contribution in [0.3, 0.4) is 0 Å². The number of nitrogens with zero attached hydrogens (tertiary/aromatic N) is 3. The highest BCUT2D eigenvalue weighted by Gasteiger charge is 2.30. The van der Waals surface area contributed by atoms with Crippen molar-refractivity contribution in [1.82, 2.24) is 25.4 Å². The maximum absolute atomic E-state index is 11.8. The fourth-order valence-electron chi connectivity index (χ4n) is 3.01. The zero-order valence-electron chi connectivity index (χ0n) is 13.8. The van der Waals surface area contributed by atoms with Crippen LogP contribution in [0.1, 0.15) is 46.9 Å². The maximum atomic E-state index is 11.8. The quantitative estimate of drug-likeness (QED) is 0.879. The number of aromatic nitrogens is 3. The summed E-state index contributed by atoms with van der Waals surface area (Å²) in [4.78, 5) is 17.6. The summed E-state index contributed by atoms with van der Waals surface area (Å²) in [5.41, 5.74) is 2.16. The number of piperidine rings is 1. The highest BCUT2D eigenvalue weighted by Crippen LogP contribution is 2.25. The molecule has 0 aromatic carbocycles. The van der Waals surface area contributed by atoms with Gasteiger partial charge in [0.05, 0.1) is 22.9 Å². The minimum atomic E-state index is -0.0223. The Hall–Kier alpha value is -1.73. The molecule has 3 heterocycles. The van der Waals surface area contributed by atoms with Crippen molar-refractivity contribution >= 4 is 17.2 Å². The Balaban J connectivity index is 1.72. The third-order valence-corrected chi connectivity index (χ3v) is 5.33. The number of nitrogens with one attached hydrogen (secondary N) is 2. The van der Waals surface area contributed by atoms with Crippen molar-refractivity contribution in [2.75, 3.05) is 0 Å². The molecule has 0 bridgehead atoms. The van der Waals surface area contributed by atoms with E-state index in [-0.39, 0.29) is 18.0 Å². The van der Waals surface area contributed by atoms with Gasteiger partial charge in [0, 0.05) is 42.2 Å². The van der Waals surface area contributed by atoms with Crippen molar-refractivity contribution < 1.29 is 4.79 Å². The largest absolute Gasteiger partial charge is 0.348 e. The van der Waals surface area contributed by atoms with E-state index in [0.717, 1.165) is 35.8 Å². The lowest BCUT2D eigenvalue weighted by Crippen LogP contribution is -2.48. The Morgan fingerprint density at radius 3 is 2.96 bits per heavy atom. The second-order valence-corrected chi connectivity index (χ2v) is 7.23. The number of carbonyl (C=O) groups excluding carboxylic acids is 1. The first kappa shape index (κ1) is 16.1. The molecule has 2 N–H and O–H groups in total. The maximum Gasteiger partial charge on any atom is 0.220 e. The van der Waals surface area contributed by atoms with Gasteiger partial charge in [-0.15, -0.1) is 11.3 Å². The van der Waals surface area contributed by atoms with Crippen molar-refractivity contribution in [2.45, 2.75) is 58.8 Å². The molecule has 2 atom stereocenters. The van der Waals surface area contributed by atoms with E-state index in [0.29, 0.717) is 6.42 Å². The molecule has 6 nitrogen and oxygen atoms in total. The minimum Gasteiger partial charge on any atom is -0.348 e. The Morgan fingerprint density at radius 2 is 2.30 bits per heavy atom. The van der Waals surface area contributed by atoms with Crippen LogP contribution < -0.4 is 10.6 Å². The number of thiazole rings is 1. The molecule has 7 heteroatoms. The highest BCUT2D eigenvalue weighted by molar-refractivity contribution is 7.11. The smallest absolute Gasteiger partial charge is 0.220 e. The number of carbonyl (C=O) groups is 1. The Kier molecular flexibility index (Phi) is 4.77. The zero-order chi connectivity index (χ0) is 16.4. The Morgan fingerprint density at radius 1 is 1.48 bits per heavy atom. The van der Waals surface area contributed by atoms with Gasteiger partial charge in [-0.2, -0.15) is 5.10 Å². The molecular formula is C16H23N5OS. The average molecular weight is 333 g/mol. The van der Waals surface area contributed by atoms with Crippen LogP contribution in [0.25, 0.3) is 0 Å². The molecule has 2 aromatic rings. The molecule has 0 spiro atoms. The van der Waals surface area contributed by atoms with Crippen molar-refractivity contribution in [3.8, 4) is 0 Å². The van der Waals surface area contributed by atoms with Crippen LogP contribution in [-0.2, 0) is 17.9 Å². The molecule has 124 valence electrons. The van der Waals surface area contributed by atoms with E-state index < -0.39 is 0 Å². The van der Waals surface area contributed by atoms with E-state index in [1.165, 1.54) is 4.88 Å². The van der Waals surface area contributed by atoms with Crippen molar-refractivity contribution in [3.63, 3.8) is 0 Å². The van der Waals surface area contributed by atoms with E-state index in [1.54, 1.807) is 11.3 Å². The molecule has 0 saturated carbocycles. The molecule has 0 radical (unpaired) electrons. The van der Waals surface area contributed by atoms with Crippen molar-refractivity contribution in [1.29, 1.82) is 0 Å². The van der Waals surface area contributed by atoms with E-state index in [4.69, 9.17) is 0 Å². The lowest BCUT2D eigenvalue weighted by atomic mass is 9.93. The number of aryl methyl sites for hydroxylation is 3. The molecule has 1 aliphatic rings. The molecule has 23 heavy (non-hydrogen) atoms. The summed E-state index contributed by atoms with van der Waals surface area (Å²) >= 11 is 1.73. The van der Waals surface area contributed by atoms with Crippen LogP contribution >= 0.6 is 11.3 Å². The van der Waals surface area contributed by atoms with Gasteiger partial charge in [0.25, 0.3) is 0 Å². The number of amides is 1. The van der Waals surface area contributed by atoms with Gasteiger partial charge in [-0.25, -0.2) is 4.98 Å². The number of rotatable bonds is 5. The standard InChI is InChI=1S/C16H23N5OS/c1-4-21-9-12(7-18-21)16-13(5-6-15(22)20-16)17-8-14-10(2)19-11(3)23-14/h7,9,13,16-17H,4-6,8H2,1-3H3,(H,20,22)/t13-,16+/m1/s1. The third kappa shape index (κ3) is 3.61. The third-order valence-electron chi connectivity index (χ3n) is 4.26. The second-order valence-electron chi connectivity index (χ2n) is 5.94. The second kappa shape index (κ2) is 6.80. The molecule has 1 amide bonds. The summed E-state index contributed by atoms with van der Waals surface area (Å²) < 4.78 is 1.89. The summed E-state index contributed by atoms with van der Waals surface area (Å²) in [6, 6.07) is 0.190. The fourth-order valence-corrected chi connectivity index (χ4v) is 3.90. The lowest BCUT2D eigenvalue weighted by molar-refractivity contribution is -0.123. The van der Waals surface area contributed by atoms with E-state index in [1.807, 2.05) is 30.9 Å². The minimum absolute atomic E-state index is 0.0223. The molecule has 1 saturated heterocycles. The predicted molar refractivity (Wildman–Crippen MR) is 90.2 cm³/mol. The van der Waals surface area contributed by atoms with Crippen LogP contribution in [0.2, 0.25) is 0 Å². The van der Waals surface area contributed by atoms with E-state index >= 15 is 0 Å². The molecule has 1 fully saturated rings. The van der Waals surface area contributed by atoms with Gasteiger partial charge < -0.3 is 10.6 Å². The first-order valence-corrected chi connectivity index (χ1v) is 8.86. The average Bonchev–Trinajstić information content (AvgIpc) is 3.12. The summed E-state index contributed by atoms with van der Waals surface area (Å²) in [5, 5.41) is 12.1. The van der Waals surface area contributed by atoms with Crippen LogP contribution in [0.15, 0.2) is 12.4 Å². The summed E-state index contributed by atoms with van der Waals surface area (Å²) in [6.45, 7) is 7.76. The van der Waals surface area contributed by atoms with E-state index in [2.05, 4.69) is 27.6 Å². The van der Waals surface area contributed by atoms with Gasteiger partial charge in [-0.3, -0.25) is 9.48 Å². The summed E-state index contributed by atoms with van der Waals surface area (Å²) in [7, 11) is 0. The lowest BCUT2D eigenvalue weighted by Gasteiger charge is -2.32. The Labute approximate surface area is 140 Å². The van der Waals surface area contributed by atoms with Gasteiger partial charge in [0.15, 0.2) is 0 Å². The van der Waals surface area contributed by atoms with Crippen LogP contribution in [-0.4, -0.2) is 26.7 Å². The molecule has 1 aliphatic heterocycles. The molecule has 0 aliphatic carbocycles. The first-order chi connectivity index (χ1) is 11.1. The Bertz CT molecular complexity index is 692. The van der Waals surface area contributed by atoms with Crippen LogP contribution in [0.5, 0.6) is 0 Å². The number of hydrogen-bond acceptors (Lipinski definition) is 5. The predicted octanol–water partition coefficient (Wildman–Crippen LogP) is 2.09. The van der Waals surface area contributed by atoms with Gasteiger partial charge in [0.2, 0.25) is 5.91 Å².